The van der Waals surface area contributed by atoms with Gasteiger partial charge in [-0.25, -0.2) is 4.79 Å². The average molecular weight is 421 g/mol. The predicted molar refractivity (Wildman–Crippen MR) is 117 cm³/mol. The molecule has 7 nitrogen and oxygen atoms in total. The van der Waals surface area contributed by atoms with E-state index in [0.717, 1.165) is 36.2 Å². The molecule has 1 aromatic carbocycles. The molecule has 1 aliphatic carbocycles. The minimum Gasteiger partial charge on any atom is -0.451 e. The van der Waals surface area contributed by atoms with Crippen LogP contribution >= 0.6 is 0 Å². The van der Waals surface area contributed by atoms with E-state index in [4.69, 9.17) is 9.47 Å². The molecule has 0 unspecified atom stereocenters. The summed E-state index contributed by atoms with van der Waals surface area (Å²) in [5, 5.41) is 12.1. The van der Waals surface area contributed by atoms with Crippen molar-refractivity contribution >= 4 is 23.6 Å². The van der Waals surface area contributed by atoms with Gasteiger partial charge in [-0.05, 0) is 74.1 Å². The van der Waals surface area contributed by atoms with Gasteiger partial charge in [-0.1, -0.05) is 6.07 Å². The number of fused-ring (bicyclic) bond motifs is 1. The number of carbonyl (C=O) groups is 2. The molecular weight excluding hydrogens is 394 g/mol. The van der Waals surface area contributed by atoms with Crippen LogP contribution in [0.15, 0.2) is 29.8 Å². The summed E-state index contributed by atoms with van der Waals surface area (Å²) in [5.74, 6) is -1.27. The molecule has 31 heavy (non-hydrogen) atoms. The van der Waals surface area contributed by atoms with Crippen LogP contribution in [0, 0.1) is 25.2 Å². The maximum atomic E-state index is 12.3. The molecular formula is C24H27N3O4. The van der Waals surface area contributed by atoms with Gasteiger partial charge < -0.3 is 19.4 Å². The van der Waals surface area contributed by atoms with Crippen molar-refractivity contribution in [2.75, 3.05) is 25.6 Å². The molecule has 0 fully saturated rings. The highest BCUT2D eigenvalue weighted by Crippen LogP contribution is 2.25. The Balaban J connectivity index is 1.61. The van der Waals surface area contributed by atoms with Crippen molar-refractivity contribution in [3.05, 3.63) is 57.9 Å². The number of nitrogens with zero attached hydrogens (tertiary/aromatic N) is 2. The van der Waals surface area contributed by atoms with Crippen LogP contribution in [0.25, 0.3) is 6.08 Å². The van der Waals surface area contributed by atoms with Gasteiger partial charge in [-0.15, -0.1) is 0 Å². The summed E-state index contributed by atoms with van der Waals surface area (Å²) in [5.41, 5.74) is 5.76. The fraction of sp³-hybridized carbons (Fsp3) is 0.375. The maximum Gasteiger partial charge on any atom is 0.349 e. The molecule has 0 saturated carbocycles. The van der Waals surface area contributed by atoms with Crippen LogP contribution < -0.4 is 5.32 Å². The Kier molecular flexibility index (Phi) is 7.27. The number of ether oxygens (including phenoxy) is 2. The van der Waals surface area contributed by atoms with Crippen LogP contribution in [0.3, 0.4) is 0 Å². The third-order valence-corrected chi connectivity index (χ3v) is 5.49. The molecule has 1 aliphatic rings. The van der Waals surface area contributed by atoms with Crippen LogP contribution in [0.4, 0.5) is 5.69 Å². The third kappa shape index (κ3) is 5.41. The second-order valence-corrected chi connectivity index (χ2v) is 7.60. The number of anilines is 1. The number of amides is 1. The standard InChI is InChI=1S/C24H27N3O4/c1-16-11-20(17(2)27(16)9-10-30-3)12-21(14-25)24(29)31-15-23(28)26-22-8-7-18-5-4-6-19(18)13-22/h7-8,11-13H,4-6,9-10,15H2,1-3H3,(H,26,28)/b21-12+. The Labute approximate surface area is 182 Å². The van der Waals surface area contributed by atoms with Crippen LogP contribution in [-0.2, 0) is 38.4 Å². The van der Waals surface area contributed by atoms with Crippen LogP contribution in [0.5, 0.6) is 0 Å². The van der Waals surface area contributed by atoms with Crippen molar-refractivity contribution in [1.29, 1.82) is 5.26 Å². The van der Waals surface area contributed by atoms with Crippen molar-refractivity contribution < 1.29 is 19.1 Å². The Morgan fingerprint density at radius 2 is 2.00 bits per heavy atom. The average Bonchev–Trinajstić information content (AvgIpc) is 3.32. The van der Waals surface area contributed by atoms with Gasteiger partial charge in [0.1, 0.15) is 11.6 Å². The number of aromatic nitrogens is 1. The molecule has 7 heteroatoms. The highest BCUT2D eigenvalue weighted by molar-refractivity contribution is 6.00. The molecule has 1 aromatic heterocycles. The first kappa shape index (κ1) is 22.3. The lowest BCUT2D eigenvalue weighted by molar-refractivity contribution is -0.142. The molecule has 0 atom stereocenters. The van der Waals surface area contributed by atoms with Crippen molar-refractivity contribution in [2.24, 2.45) is 0 Å². The normalized spacial score (nSPS) is 12.9. The summed E-state index contributed by atoms with van der Waals surface area (Å²) in [7, 11) is 1.64. The van der Waals surface area contributed by atoms with Gasteiger partial charge in [0.05, 0.1) is 6.61 Å². The number of esters is 1. The SMILES string of the molecule is COCCn1c(C)cc(/C=C(\C#N)C(=O)OCC(=O)Nc2ccc3c(c2)CCC3)c1C. The second-order valence-electron chi connectivity index (χ2n) is 7.60. The summed E-state index contributed by atoms with van der Waals surface area (Å²) in [6, 6.07) is 9.60. The van der Waals surface area contributed by atoms with Gasteiger partial charge in [-0.3, -0.25) is 4.79 Å². The fourth-order valence-electron chi connectivity index (χ4n) is 3.85. The molecule has 162 valence electrons. The molecule has 0 bridgehead atoms. The number of carbonyl (C=O) groups excluding carboxylic acids is 2. The summed E-state index contributed by atoms with van der Waals surface area (Å²) in [6.45, 7) is 4.65. The van der Waals surface area contributed by atoms with Crippen molar-refractivity contribution in [3.8, 4) is 6.07 Å². The van der Waals surface area contributed by atoms with E-state index in [0.29, 0.717) is 18.8 Å². The van der Waals surface area contributed by atoms with Gasteiger partial charge in [-0.2, -0.15) is 5.26 Å². The highest BCUT2D eigenvalue weighted by atomic mass is 16.5. The summed E-state index contributed by atoms with van der Waals surface area (Å²) >= 11 is 0. The van der Waals surface area contributed by atoms with Crippen LogP contribution in [0.2, 0.25) is 0 Å². The number of hydrogen-bond acceptors (Lipinski definition) is 5. The van der Waals surface area contributed by atoms with Gasteiger partial charge in [0.25, 0.3) is 5.91 Å². The van der Waals surface area contributed by atoms with Crippen molar-refractivity contribution in [3.63, 3.8) is 0 Å². The fourth-order valence-corrected chi connectivity index (χ4v) is 3.85. The molecule has 2 aromatic rings. The van der Waals surface area contributed by atoms with E-state index < -0.39 is 18.5 Å². The monoisotopic (exact) mass is 421 g/mol. The molecule has 0 spiro atoms. The van der Waals surface area contributed by atoms with E-state index in [-0.39, 0.29) is 5.57 Å². The Hall–Kier alpha value is -3.37. The zero-order valence-corrected chi connectivity index (χ0v) is 18.2. The summed E-state index contributed by atoms with van der Waals surface area (Å²) in [4.78, 5) is 24.5. The van der Waals surface area contributed by atoms with E-state index in [9.17, 15) is 14.9 Å². The van der Waals surface area contributed by atoms with Crippen molar-refractivity contribution in [2.45, 2.75) is 39.7 Å². The number of benzene rings is 1. The first-order valence-corrected chi connectivity index (χ1v) is 10.3. The number of hydrogen-bond donors (Lipinski definition) is 1. The lowest BCUT2D eigenvalue weighted by atomic mass is 10.1. The van der Waals surface area contributed by atoms with E-state index in [1.807, 2.05) is 44.2 Å². The number of methoxy groups -OCH3 is 1. The third-order valence-electron chi connectivity index (χ3n) is 5.49. The lowest BCUT2D eigenvalue weighted by Crippen LogP contribution is -2.21. The quantitative estimate of drug-likeness (QED) is 0.401. The molecule has 1 amide bonds. The zero-order valence-electron chi connectivity index (χ0n) is 18.2. The molecule has 1 heterocycles. The molecule has 0 saturated heterocycles. The van der Waals surface area contributed by atoms with Crippen LogP contribution in [0.1, 0.15) is 34.5 Å². The lowest BCUT2D eigenvalue weighted by Gasteiger charge is -2.09. The van der Waals surface area contributed by atoms with Gasteiger partial charge in [0.2, 0.25) is 0 Å². The van der Waals surface area contributed by atoms with E-state index in [2.05, 4.69) is 9.88 Å². The zero-order chi connectivity index (χ0) is 22.4. The summed E-state index contributed by atoms with van der Waals surface area (Å²) in [6.07, 6.45) is 4.70. The Morgan fingerprint density at radius 1 is 1.23 bits per heavy atom. The second kappa shape index (κ2) is 10.1. The molecule has 0 aliphatic heterocycles. The minimum atomic E-state index is -0.826. The number of nitriles is 1. The number of nitrogens with one attached hydrogen (secondary N) is 1. The first-order chi connectivity index (χ1) is 14.9. The largest absolute Gasteiger partial charge is 0.451 e. The Morgan fingerprint density at radius 3 is 2.74 bits per heavy atom. The first-order valence-electron chi connectivity index (χ1n) is 10.3. The Bertz CT molecular complexity index is 1060. The predicted octanol–water partition coefficient (Wildman–Crippen LogP) is 3.33. The van der Waals surface area contributed by atoms with Gasteiger partial charge >= 0.3 is 5.97 Å². The van der Waals surface area contributed by atoms with E-state index >= 15 is 0 Å². The molecule has 0 radical (unpaired) electrons. The van der Waals surface area contributed by atoms with E-state index in [1.54, 1.807) is 7.11 Å². The van der Waals surface area contributed by atoms with E-state index in [1.165, 1.54) is 17.2 Å². The smallest absolute Gasteiger partial charge is 0.349 e. The topological polar surface area (TPSA) is 93.3 Å². The maximum absolute atomic E-state index is 12.3. The number of rotatable bonds is 8. The minimum absolute atomic E-state index is 0.155. The summed E-state index contributed by atoms with van der Waals surface area (Å²) < 4.78 is 12.2. The number of aryl methyl sites for hydroxylation is 3. The highest BCUT2D eigenvalue weighted by Gasteiger charge is 2.16. The van der Waals surface area contributed by atoms with Crippen LogP contribution in [-0.4, -0.2) is 36.8 Å². The molecule has 3 rings (SSSR count). The van der Waals surface area contributed by atoms with Crippen molar-refractivity contribution in [1.82, 2.24) is 4.57 Å². The van der Waals surface area contributed by atoms with Gasteiger partial charge in [0, 0.05) is 30.7 Å². The van der Waals surface area contributed by atoms with Gasteiger partial charge in [0.15, 0.2) is 6.61 Å². The molecule has 1 N–H and O–H groups in total.